The van der Waals surface area contributed by atoms with Gasteiger partial charge in [0.15, 0.2) is 5.96 Å². The zero-order valence-electron chi connectivity index (χ0n) is 15.6. The summed E-state index contributed by atoms with van der Waals surface area (Å²) >= 11 is 0. The van der Waals surface area contributed by atoms with E-state index in [1.54, 1.807) is 14.1 Å². The molecule has 0 bridgehead atoms. The molecule has 1 heterocycles. The van der Waals surface area contributed by atoms with Crippen LogP contribution in [0.3, 0.4) is 0 Å². The Morgan fingerprint density at radius 3 is 2.39 bits per heavy atom. The molecule has 136 valence electrons. The van der Waals surface area contributed by atoms with Gasteiger partial charge in [0.25, 0.3) is 0 Å². The van der Waals surface area contributed by atoms with E-state index in [-0.39, 0.29) is 29.9 Å². The lowest BCUT2D eigenvalue weighted by atomic mass is 9.92. The van der Waals surface area contributed by atoms with Gasteiger partial charge in [-0.3, -0.25) is 14.7 Å². The number of amides is 1. The van der Waals surface area contributed by atoms with Crippen LogP contribution >= 0.6 is 24.0 Å². The summed E-state index contributed by atoms with van der Waals surface area (Å²) in [5.74, 6) is 1.36. The van der Waals surface area contributed by atoms with Crippen LogP contribution < -0.4 is 16.0 Å². The number of nitrogens with zero attached hydrogens (tertiary/aromatic N) is 2. The molecule has 0 aliphatic carbocycles. The van der Waals surface area contributed by atoms with Crippen molar-refractivity contribution >= 4 is 35.8 Å². The molecule has 1 saturated heterocycles. The van der Waals surface area contributed by atoms with Crippen molar-refractivity contribution in [2.75, 3.05) is 33.7 Å². The van der Waals surface area contributed by atoms with Crippen molar-refractivity contribution in [3.05, 3.63) is 0 Å². The van der Waals surface area contributed by atoms with Gasteiger partial charge in [-0.2, -0.15) is 0 Å². The Bertz CT molecular complexity index is 411. The Hall–Kier alpha value is -0.570. The molecule has 3 N–H and O–H groups in total. The van der Waals surface area contributed by atoms with Crippen molar-refractivity contribution in [1.29, 1.82) is 0 Å². The molecule has 1 amide bonds. The smallest absolute Gasteiger partial charge is 0.227 e. The zero-order valence-corrected chi connectivity index (χ0v) is 17.9. The third-order valence-electron chi connectivity index (χ3n) is 4.46. The Balaban J connectivity index is 0.00000484. The normalized spacial score (nSPS) is 22.7. The monoisotopic (exact) mass is 439 g/mol. The number of aliphatic imine (C=N–C) groups is 1. The highest BCUT2D eigenvalue weighted by Crippen LogP contribution is 2.18. The number of guanidine groups is 1. The van der Waals surface area contributed by atoms with Gasteiger partial charge in [0, 0.05) is 45.8 Å². The highest BCUT2D eigenvalue weighted by molar-refractivity contribution is 14.0. The van der Waals surface area contributed by atoms with Crippen LogP contribution in [-0.4, -0.2) is 62.6 Å². The number of rotatable bonds is 5. The maximum absolute atomic E-state index is 11.8. The molecule has 1 fully saturated rings. The Morgan fingerprint density at radius 2 is 1.96 bits per heavy atom. The van der Waals surface area contributed by atoms with Gasteiger partial charge < -0.3 is 16.0 Å². The van der Waals surface area contributed by atoms with Crippen molar-refractivity contribution in [2.45, 2.75) is 46.7 Å². The van der Waals surface area contributed by atoms with Crippen molar-refractivity contribution in [3.63, 3.8) is 0 Å². The predicted molar refractivity (Wildman–Crippen MR) is 107 cm³/mol. The summed E-state index contributed by atoms with van der Waals surface area (Å²) in [6, 6.07) is 0.952. The first-order chi connectivity index (χ1) is 10.2. The molecule has 2 atom stereocenters. The second-order valence-corrected chi connectivity index (χ2v) is 7.16. The fraction of sp³-hybridized carbons (Fsp3) is 0.875. The minimum Gasteiger partial charge on any atom is -0.359 e. The van der Waals surface area contributed by atoms with Crippen LogP contribution in [0, 0.1) is 11.3 Å². The van der Waals surface area contributed by atoms with Gasteiger partial charge in [0.1, 0.15) is 0 Å². The van der Waals surface area contributed by atoms with E-state index in [0.717, 1.165) is 19.0 Å². The molecule has 1 aliphatic heterocycles. The maximum atomic E-state index is 11.8. The first-order valence-corrected chi connectivity index (χ1v) is 8.14. The van der Waals surface area contributed by atoms with Gasteiger partial charge in [0.2, 0.25) is 5.91 Å². The van der Waals surface area contributed by atoms with Crippen LogP contribution in [0.1, 0.15) is 34.6 Å². The van der Waals surface area contributed by atoms with E-state index in [0.29, 0.717) is 24.5 Å². The number of carbonyl (C=O) groups excluding carboxylic acids is 1. The number of halogens is 1. The summed E-state index contributed by atoms with van der Waals surface area (Å²) in [5.41, 5.74) is -0.475. The summed E-state index contributed by atoms with van der Waals surface area (Å²) in [4.78, 5) is 18.6. The highest BCUT2D eigenvalue weighted by atomic mass is 127. The summed E-state index contributed by atoms with van der Waals surface area (Å²) in [5, 5.41) is 9.47. The first-order valence-electron chi connectivity index (χ1n) is 8.14. The van der Waals surface area contributed by atoms with Crippen LogP contribution in [0.25, 0.3) is 0 Å². The maximum Gasteiger partial charge on any atom is 0.227 e. The number of likely N-dealkylation sites (tertiary alicyclic amines) is 1. The molecule has 0 aromatic heterocycles. The van der Waals surface area contributed by atoms with Gasteiger partial charge in [-0.1, -0.05) is 6.92 Å². The van der Waals surface area contributed by atoms with Gasteiger partial charge in [-0.25, -0.2) is 0 Å². The first kappa shape index (κ1) is 22.4. The van der Waals surface area contributed by atoms with E-state index < -0.39 is 5.41 Å². The molecule has 0 spiro atoms. The van der Waals surface area contributed by atoms with Crippen LogP contribution in [-0.2, 0) is 4.79 Å². The van der Waals surface area contributed by atoms with Crippen LogP contribution in [0.4, 0.5) is 0 Å². The number of hydrogen-bond acceptors (Lipinski definition) is 3. The lowest BCUT2D eigenvalue weighted by Gasteiger charge is -2.26. The second-order valence-electron chi connectivity index (χ2n) is 7.16. The molecule has 0 saturated carbocycles. The zero-order chi connectivity index (χ0) is 16.9. The fourth-order valence-corrected chi connectivity index (χ4v) is 2.71. The molecule has 7 heteroatoms. The summed E-state index contributed by atoms with van der Waals surface area (Å²) in [6.07, 6.45) is 0. The summed E-state index contributed by atoms with van der Waals surface area (Å²) in [6.45, 7) is 13.2. The largest absolute Gasteiger partial charge is 0.359 e. The van der Waals surface area contributed by atoms with Gasteiger partial charge in [-0.15, -0.1) is 24.0 Å². The third-order valence-corrected chi connectivity index (χ3v) is 4.46. The molecule has 1 rings (SSSR count). The van der Waals surface area contributed by atoms with E-state index in [1.807, 2.05) is 13.8 Å². The summed E-state index contributed by atoms with van der Waals surface area (Å²) < 4.78 is 0. The highest BCUT2D eigenvalue weighted by Gasteiger charge is 2.32. The van der Waals surface area contributed by atoms with Gasteiger partial charge in [0.05, 0.1) is 5.41 Å². The molecule has 2 unspecified atom stereocenters. The quantitative estimate of drug-likeness (QED) is 0.343. The van der Waals surface area contributed by atoms with Crippen LogP contribution in [0.15, 0.2) is 4.99 Å². The topological polar surface area (TPSA) is 68.8 Å². The molecular weight excluding hydrogens is 405 g/mol. The van der Waals surface area contributed by atoms with E-state index >= 15 is 0 Å². The van der Waals surface area contributed by atoms with E-state index in [1.165, 1.54) is 0 Å². The minimum atomic E-state index is -0.475. The van der Waals surface area contributed by atoms with E-state index in [9.17, 15) is 4.79 Å². The lowest BCUT2D eigenvalue weighted by molar-refractivity contribution is -0.128. The van der Waals surface area contributed by atoms with Crippen molar-refractivity contribution in [2.24, 2.45) is 16.3 Å². The molecular formula is C16H34IN5O. The Labute approximate surface area is 158 Å². The number of hydrogen-bond donors (Lipinski definition) is 3. The molecule has 0 radical (unpaired) electrons. The van der Waals surface area contributed by atoms with Crippen molar-refractivity contribution in [3.8, 4) is 0 Å². The average molecular weight is 439 g/mol. The van der Waals surface area contributed by atoms with Crippen LogP contribution in [0.5, 0.6) is 0 Å². The number of nitrogens with one attached hydrogen (secondary N) is 3. The lowest BCUT2D eigenvalue weighted by Crippen LogP contribution is -2.51. The molecule has 0 aromatic carbocycles. The molecule has 23 heavy (non-hydrogen) atoms. The van der Waals surface area contributed by atoms with Gasteiger partial charge in [-0.05, 0) is 33.6 Å². The second kappa shape index (κ2) is 9.66. The minimum absolute atomic E-state index is 0. The fourth-order valence-electron chi connectivity index (χ4n) is 2.71. The van der Waals surface area contributed by atoms with Crippen LogP contribution in [0.2, 0.25) is 0 Å². The van der Waals surface area contributed by atoms with Gasteiger partial charge >= 0.3 is 0 Å². The van der Waals surface area contributed by atoms with Crippen molar-refractivity contribution in [1.82, 2.24) is 20.9 Å². The third kappa shape index (κ3) is 6.45. The molecule has 1 aliphatic rings. The molecule has 6 nitrogen and oxygen atoms in total. The Kier molecular flexibility index (Phi) is 9.42. The standard InChI is InChI=1S/C16H33N5O.HI/c1-11(2)21-8-12(3)13(9-21)20-15(18-7)19-10-16(4,5)14(22)17-6;/h11-13H,8-10H2,1-7H3,(H,17,22)(H2,18,19,20);1H. The SMILES string of the molecule is CN=C(NCC(C)(C)C(=O)NC)NC1CN(C(C)C)CC1C.I. The Morgan fingerprint density at radius 1 is 1.35 bits per heavy atom. The number of carbonyl (C=O) groups is 1. The molecule has 0 aromatic rings. The van der Waals surface area contributed by atoms with E-state index in [4.69, 9.17) is 0 Å². The van der Waals surface area contributed by atoms with E-state index in [2.05, 4.69) is 46.6 Å². The summed E-state index contributed by atoms with van der Waals surface area (Å²) in [7, 11) is 3.43. The predicted octanol–water partition coefficient (Wildman–Crippen LogP) is 1.27. The average Bonchev–Trinajstić information content (AvgIpc) is 2.83. The van der Waals surface area contributed by atoms with Crippen molar-refractivity contribution < 1.29 is 4.79 Å².